The Bertz CT molecular complexity index is 758. The van der Waals surface area contributed by atoms with Crippen LogP contribution in [0.4, 0.5) is 4.79 Å². The van der Waals surface area contributed by atoms with E-state index in [2.05, 4.69) is 6.92 Å². The summed E-state index contributed by atoms with van der Waals surface area (Å²) in [6, 6.07) is 9.30. The molecular formula is C26H48N2O7P+. The standard InChI is InChI=1S/C26H47N2O7P/c1-5-6-7-8-9-10-11-12-16-19-27(26(30)33-23-24-17-14-13-15-18-24)22-25(29)35-36(31,32)34-21-20-28(2,3)4/h13-15,17-18,25,29H,5-12,16,19-23H2,1-4H3/p+1. The van der Waals surface area contributed by atoms with Gasteiger partial charge in [0, 0.05) is 6.54 Å². The van der Waals surface area contributed by atoms with Crippen molar-refractivity contribution in [1.29, 1.82) is 0 Å². The third-order valence-corrected chi connectivity index (χ3v) is 6.66. The van der Waals surface area contributed by atoms with Gasteiger partial charge in [0.1, 0.15) is 19.8 Å². The lowest BCUT2D eigenvalue weighted by Crippen LogP contribution is -2.39. The van der Waals surface area contributed by atoms with E-state index in [-0.39, 0.29) is 19.8 Å². The topological polar surface area (TPSA) is 106 Å². The van der Waals surface area contributed by atoms with Gasteiger partial charge in [-0.2, -0.15) is 0 Å². The average Bonchev–Trinajstić information content (AvgIpc) is 2.80. The van der Waals surface area contributed by atoms with Gasteiger partial charge in [0.25, 0.3) is 0 Å². The Morgan fingerprint density at radius 1 is 1.00 bits per heavy atom. The van der Waals surface area contributed by atoms with Crippen molar-refractivity contribution in [1.82, 2.24) is 4.90 Å². The van der Waals surface area contributed by atoms with Crippen molar-refractivity contribution >= 4 is 13.9 Å². The van der Waals surface area contributed by atoms with E-state index in [1.807, 2.05) is 51.5 Å². The Labute approximate surface area is 217 Å². The molecule has 1 amide bonds. The number of ether oxygens (including phenoxy) is 1. The maximum atomic E-state index is 12.7. The first-order valence-electron chi connectivity index (χ1n) is 13.1. The number of aliphatic hydroxyl groups is 1. The van der Waals surface area contributed by atoms with Crippen molar-refractivity contribution in [2.45, 2.75) is 77.6 Å². The zero-order valence-corrected chi connectivity index (χ0v) is 23.5. The minimum absolute atomic E-state index is 0.00866. The number of aliphatic hydroxyl groups excluding tert-OH is 1. The lowest BCUT2D eigenvalue weighted by molar-refractivity contribution is -0.870. The fraction of sp³-hybridized carbons (Fsp3) is 0.731. The smallest absolute Gasteiger partial charge is 0.445 e. The van der Waals surface area contributed by atoms with Crippen LogP contribution in [0.15, 0.2) is 30.3 Å². The zero-order chi connectivity index (χ0) is 26.9. The lowest BCUT2D eigenvalue weighted by Gasteiger charge is -2.26. The second-order valence-corrected chi connectivity index (χ2v) is 11.6. The van der Waals surface area contributed by atoms with E-state index in [0.29, 0.717) is 17.6 Å². The van der Waals surface area contributed by atoms with Crippen molar-refractivity contribution in [2.24, 2.45) is 0 Å². The summed E-state index contributed by atoms with van der Waals surface area (Å²) in [5, 5.41) is 10.3. The Hall–Kier alpha value is -1.48. The maximum Gasteiger partial charge on any atom is 0.474 e. The van der Waals surface area contributed by atoms with Gasteiger partial charge in [-0.25, -0.2) is 9.36 Å². The molecule has 0 aliphatic carbocycles. The second-order valence-electron chi connectivity index (χ2n) is 10.2. The summed E-state index contributed by atoms with van der Waals surface area (Å²) in [4.78, 5) is 24.0. The Kier molecular flexibility index (Phi) is 16.2. The molecule has 1 aromatic carbocycles. The lowest BCUT2D eigenvalue weighted by atomic mass is 10.1. The third-order valence-electron chi connectivity index (χ3n) is 5.64. The van der Waals surface area contributed by atoms with Crippen LogP contribution in [-0.2, 0) is 25.0 Å². The summed E-state index contributed by atoms with van der Waals surface area (Å²) < 4.78 is 28.0. The molecule has 36 heavy (non-hydrogen) atoms. The van der Waals surface area contributed by atoms with Gasteiger partial charge in [0.15, 0.2) is 6.29 Å². The molecule has 0 aliphatic rings. The highest BCUT2D eigenvalue weighted by Gasteiger charge is 2.29. The summed E-state index contributed by atoms with van der Waals surface area (Å²) in [5.41, 5.74) is 0.844. The number of quaternary nitrogens is 1. The van der Waals surface area contributed by atoms with E-state index in [9.17, 15) is 19.4 Å². The molecule has 208 valence electrons. The van der Waals surface area contributed by atoms with Crippen LogP contribution in [0.5, 0.6) is 0 Å². The van der Waals surface area contributed by atoms with Crippen LogP contribution in [0.2, 0.25) is 0 Å². The number of phosphoric acid groups is 1. The SMILES string of the molecule is CCCCCCCCCCCN(CC(O)OP(=O)(O)OCC[N+](C)(C)C)C(=O)OCc1ccccc1. The molecule has 0 saturated carbocycles. The second kappa shape index (κ2) is 17.9. The number of hydrogen-bond donors (Lipinski definition) is 2. The molecule has 0 aliphatic heterocycles. The fourth-order valence-electron chi connectivity index (χ4n) is 3.52. The molecule has 0 fully saturated rings. The molecule has 0 saturated heterocycles. The number of hydrogen-bond acceptors (Lipinski definition) is 6. The normalized spacial score (nSPS) is 14.3. The number of carbonyl (C=O) groups excluding carboxylic acids is 1. The summed E-state index contributed by atoms with van der Waals surface area (Å²) in [6.07, 6.45) is 7.89. The van der Waals surface area contributed by atoms with Crippen molar-refractivity contribution in [3.8, 4) is 0 Å². The molecule has 0 bridgehead atoms. The van der Waals surface area contributed by atoms with Crippen LogP contribution < -0.4 is 0 Å². The first kappa shape index (κ1) is 32.5. The molecule has 1 aromatic rings. The van der Waals surface area contributed by atoms with Gasteiger partial charge in [-0.1, -0.05) is 88.6 Å². The number of benzene rings is 1. The Morgan fingerprint density at radius 3 is 2.17 bits per heavy atom. The Balaban J connectivity index is 2.55. The maximum absolute atomic E-state index is 12.7. The molecule has 0 aromatic heterocycles. The zero-order valence-electron chi connectivity index (χ0n) is 22.6. The molecule has 0 spiro atoms. The molecule has 2 N–H and O–H groups in total. The summed E-state index contributed by atoms with van der Waals surface area (Å²) in [6.45, 7) is 2.83. The number of nitrogens with zero attached hydrogens (tertiary/aromatic N) is 2. The fourth-order valence-corrected chi connectivity index (χ4v) is 4.26. The van der Waals surface area contributed by atoms with Crippen LogP contribution in [0.1, 0.15) is 70.3 Å². The number of unbranched alkanes of at least 4 members (excludes halogenated alkanes) is 8. The van der Waals surface area contributed by atoms with Crippen molar-refractivity contribution in [3.05, 3.63) is 35.9 Å². The van der Waals surface area contributed by atoms with Gasteiger partial charge in [-0.05, 0) is 12.0 Å². The highest BCUT2D eigenvalue weighted by atomic mass is 31.2. The molecule has 2 atom stereocenters. The summed E-state index contributed by atoms with van der Waals surface area (Å²) in [5.74, 6) is 0. The van der Waals surface area contributed by atoms with Crippen LogP contribution in [-0.4, -0.2) is 79.2 Å². The molecule has 1 rings (SSSR count). The largest absolute Gasteiger partial charge is 0.474 e. The van der Waals surface area contributed by atoms with Gasteiger partial charge in [-0.3, -0.25) is 9.05 Å². The molecule has 9 nitrogen and oxygen atoms in total. The number of carbonyl (C=O) groups is 1. The van der Waals surface area contributed by atoms with Gasteiger partial charge >= 0.3 is 13.9 Å². The van der Waals surface area contributed by atoms with Crippen LogP contribution in [0.3, 0.4) is 0 Å². The number of amides is 1. The van der Waals surface area contributed by atoms with Gasteiger partial charge in [0.2, 0.25) is 0 Å². The van der Waals surface area contributed by atoms with Crippen LogP contribution in [0.25, 0.3) is 0 Å². The monoisotopic (exact) mass is 531 g/mol. The number of rotatable bonds is 20. The van der Waals surface area contributed by atoms with E-state index in [1.165, 1.54) is 37.0 Å². The van der Waals surface area contributed by atoms with Crippen molar-refractivity contribution < 1.29 is 37.6 Å². The van der Waals surface area contributed by atoms with Crippen molar-refractivity contribution in [2.75, 3.05) is 47.4 Å². The van der Waals surface area contributed by atoms with Crippen molar-refractivity contribution in [3.63, 3.8) is 0 Å². The predicted molar refractivity (Wildman–Crippen MR) is 141 cm³/mol. The quantitative estimate of drug-likeness (QED) is 0.102. The minimum Gasteiger partial charge on any atom is -0.445 e. The van der Waals surface area contributed by atoms with E-state index in [4.69, 9.17) is 13.8 Å². The van der Waals surface area contributed by atoms with E-state index >= 15 is 0 Å². The predicted octanol–water partition coefficient (Wildman–Crippen LogP) is 5.31. The Morgan fingerprint density at radius 2 is 1.58 bits per heavy atom. The van der Waals surface area contributed by atoms with Crippen LogP contribution >= 0.6 is 7.82 Å². The first-order valence-corrected chi connectivity index (χ1v) is 14.6. The summed E-state index contributed by atoms with van der Waals surface area (Å²) in [7, 11) is 1.29. The average molecular weight is 532 g/mol. The molecule has 10 heteroatoms. The third kappa shape index (κ3) is 17.1. The number of likely N-dealkylation sites (N-methyl/N-ethyl adjacent to an activating group) is 1. The van der Waals surface area contributed by atoms with Gasteiger partial charge < -0.3 is 24.1 Å². The van der Waals surface area contributed by atoms with Crippen LogP contribution in [0, 0.1) is 0 Å². The number of phosphoric ester groups is 1. The molecule has 0 heterocycles. The van der Waals surface area contributed by atoms with E-state index in [1.54, 1.807) is 0 Å². The molecule has 0 radical (unpaired) electrons. The van der Waals surface area contributed by atoms with Gasteiger partial charge in [-0.15, -0.1) is 0 Å². The van der Waals surface area contributed by atoms with Gasteiger partial charge in [0.05, 0.1) is 27.7 Å². The minimum atomic E-state index is -4.48. The van der Waals surface area contributed by atoms with E-state index < -0.39 is 20.2 Å². The van der Waals surface area contributed by atoms with E-state index in [0.717, 1.165) is 31.2 Å². The molecular weight excluding hydrogens is 483 g/mol. The summed E-state index contributed by atoms with van der Waals surface area (Å²) >= 11 is 0. The molecule has 2 unspecified atom stereocenters. The highest BCUT2D eigenvalue weighted by molar-refractivity contribution is 7.47. The first-order chi connectivity index (χ1) is 17.0. The highest BCUT2D eigenvalue weighted by Crippen LogP contribution is 2.44.